The van der Waals surface area contributed by atoms with Crippen molar-refractivity contribution in [1.82, 2.24) is 0 Å². The van der Waals surface area contributed by atoms with E-state index in [1.807, 2.05) is 13.8 Å². The van der Waals surface area contributed by atoms with Crippen LogP contribution in [-0.2, 0) is 0 Å². The molecule has 2 aromatic rings. The minimum Gasteiger partial charge on any atom is -0.508 e. The Morgan fingerprint density at radius 2 is 2.00 bits per heavy atom. The van der Waals surface area contributed by atoms with Crippen molar-refractivity contribution in [2.24, 2.45) is 0 Å². The summed E-state index contributed by atoms with van der Waals surface area (Å²) in [5.74, 6) is 0.850. The van der Waals surface area contributed by atoms with Crippen molar-refractivity contribution in [2.45, 2.75) is 13.8 Å². The summed E-state index contributed by atoms with van der Waals surface area (Å²) >= 11 is 0. The van der Waals surface area contributed by atoms with Crippen molar-refractivity contribution in [3.63, 3.8) is 0 Å². The summed E-state index contributed by atoms with van der Waals surface area (Å²) < 4.78 is 10.2. The Balaban J connectivity index is 0.000000461. The molecule has 0 aliphatic rings. The van der Waals surface area contributed by atoms with Gasteiger partial charge in [0, 0.05) is 0 Å². The SMILES string of the molecule is CC.COc1coc2ccc(O)cc12. The number of methoxy groups -OCH3 is 1. The highest BCUT2D eigenvalue weighted by Gasteiger charge is 2.05. The molecule has 0 aliphatic heterocycles. The number of ether oxygens (including phenoxy) is 1. The van der Waals surface area contributed by atoms with Gasteiger partial charge >= 0.3 is 0 Å². The molecule has 0 spiro atoms. The molecule has 0 amide bonds. The Bertz CT molecular complexity index is 404. The van der Waals surface area contributed by atoms with E-state index in [0.717, 1.165) is 5.39 Å². The van der Waals surface area contributed by atoms with E-state index in [9.17, 15) is 5.11 Å². The van der Waals surface area contributed by atoms with Gasteiger partial charge in [-0.2, -0.15) is 0 Å². The largest absolute Gasteiger partial charge is 0.508 e. The minimum absolute atomic E-state index is 0.210. The number of phenolic OH excluding ortho intramolecular Hbond substituents is 1. The smallest absolute Gasteiger partial charge is 0.164 e. The lowest BCUT2D eigenvalue weighted by atomic mass is 10.2. The van der Waals surface area contributed by atoms with E-state index in [0.29, 0.717) is 11.3 Å². The van der Waals surface area contributed by atoms with Crippen LogP contribution in [0.4, 0.5) is 0 Å². The maximum absolute atomic E-state index is 9.17. The standard InChI is InChI=1S/C9H8O3.C2H6/c1-11-9-5-12-8-3-2-6(10)4-7(8)9;1-2/h2-5,10H,1H3;1-2H3. The van der Waals surface area contributed by atoms with Gasteiger partial charge in [0.1, 0.15) is 17.6 Å². The Morgan fingerprint density at radius 3 is 2.64 bits per heavy atom. The van der Waals surface area contributed by atoms with Gasteiger partial charge in [0.15, 0.2) is 5.75 Å². The summed E-state index contributed by atoms with van der Waals surface area (Å²) in [6.45, 7) is 4.00. The van der Waals surface area contributed by atoms with Crippen LogP contribution in [-0.4, -0.2) is 12.2 Å². The van der Waals surface area contributed by atoms with E-state index in [2.05, 4.69) is 0 Å². The van der Waals surface area contributed by atoms with Crippen LogP contribution in [0.25, 0.3) is 11.0 Å². The summed E-state index contributed by atoms with van der Waals surface area (Å²) in [6, 6.07) is 4.89. The van der Waals surface area contributed by atoms with Crippen LogP contribution in [0.15, 0.2) is 28.9 Å². The Hall–Kier alpha value is -1.64. The maximum atomic E-state index is 9.17. The second-order valence-electron chi connectivity index (χ2n) is 2.48. The highest BCUT2D eigenvalue weighted by Crippen LogP contribution is 2.30. The number of fused-ring (bicyclic) bond motifs is 1. The fourth-order valence-electron chi connectivity index (χ4n) is 1.15. The van der Waals surface area contributed by atoms with Gasteiger partial charge in [0.2, 0.25) is 0 Å². The Kier molecular flexibility index (Phi) is 3.40. The lowest BCUT2D eigenvalue weighted by Crippen LogP contribution is -1.78. The molecule has 76 valence electrons. The van der Waals surface area contributed by atoms with Gasteiger partial charge in [-0.15, -0.1) is 0 Å². The first-order chi connectivity index (χ1) is 6.81. The number of furan rings is 1. The van der Waals surface area contributed by atoms with Crippen molar-refractivity contribution >= 4 is 11.0 Å². The molecule has 1 aromatic carbocycles. The minimum atomic E-state index is 0.210. The summed E-state index contributed by atoms with van der Waals surface area (Å²) in [5.41, 5.74) is 0.713. The van der Waals surface area contributed by atoms with Crippen molar-refractivity contribution in [3.8, 4) is 11.5 Å². The van der Waals surface area contributed by atoms with Gasteiger partial charge < -0.3 is 14.3 Å². The number of rotatable bonds is 1. The molecule has 0 aliphatic carbocycles. The van der Waals surface area contributed by atoms with Crippen LogP contribution < -0.4 is 4.74 Å². The van der Waals surface area contributed by atoms with E-state index in [4.69, 9.17) is 9.15 Å². The molecule has 2 rings (SSSR count). The predicted octanol–water partition coefficient (Wildman–Crippen LogP) is 3.17. The summed E-state index contributed by atoms with van der Waals surface area (Å²) in [5, 5.41) is 9.96. The number of phenols is 1. The van der Waals surface area contributed by atoms with Crippen LogP contribution >= 0.6 is 0 Å². The Morgan fingerprint density at radius 1 is 1.29 bits per heavy atom. The number of hydrogen-bond acceptors (Lipinski definition) is 3. The second kappa shape index (κ2) is 4.56. The van der Waals surface area contributed by atoms with Crippen molar-refractivity contribution < 1.29 is 14.3 Å². The van der Waals surface area contributed by atoms with Gasteiger partial charge in [0.05, 0.1) is 12.5 Å². The van der Waals surface area contributed by atoms with E-state index >= 15 is 0 Å². The summed E-state index contributed by atoms with van der Waals surface area (Å²) in [4.78, 5) is 0. The fourth-order valence-corrected chi connectivity index (χ4v) is 1.15. The van der Waals surface area contributed by atoms with Crippen molar-refractivity contribution in [2.75, 3.05) is 7.11 Å². The maximum Gasteiger partial charge on any atom is 0.164 e. The van der Waals surface area contributed by atoms with Gasteiger partial charge in [0.25, 0.3) is 0 Å². The van der Waals surface area contributed by atoms with Crippen LogP contribution in [0, 0.1) is 0 Å². The zero-order valence-corrected chi connectivity index (χ0v) is 8.57. The number of aromatic hydroxyl groups is 1. The molecule has 0 saturated carbocycles. The third kappa shape index (κ3) is 1.82. The first-order valence-electron chi connectivity index (χ1n) is 4.55. The predicted molar refractivity (Wildman–Crippen MR) is 55.8 cm³/mol. The Labute approximate surface area is 82.9 Å². The molecule has 3 nitrogen and oxygen atoms in total. The molecular weight excluding hydrogens is 180 g/mol. The fraction of sp³-hybridized carbons (Fsp3) is 0.273. The lowest BCUT2D eigenvalue weighted by Gasteiger charge is -1.94. The summed E-state index contributed by atoms with van der Waals surface area (Å²) in [6.07, 6.45) is 1.52. The molecule has 14 heavy (non-hydrogen) atoms. The molecule has 0 fully saturated rings. The molecule has 0 bridgehead atoms. The molecule has 0 atom stereocenters. The van der Waals surface area contributed by atoms with Crippen LogP contribution in [0.5, 0.6) is 11.5 Å². The first kappa shape index (κ1) is 10.4. The topological polar surface area (TPSA) is 42.6 Å². The molecule has 0 unspecified atom stereocenters. The lowest BCUT2D eigenvalue weighted by molar-refractivity contribution is 0.410. The van der Waals surface area contributed by atoms with Crippen molar-refractivity contribution in [3.05, 3.63) is 24.5 Å². The monoisotopic (exact) mass is 194 g/mol. The molecular formula is C11H14O3. The zero-order valence-electron chi connectivity index (χ0n) is 8.57. The van der Waals surface area contributed by atoms with E-state index in [1.54, 1.807) is 25.3 Å². The average Bonchev–Trinajstić information content (AvgIpc) is 2.63. The molecule has 0 saturated heterocycles. The molecule has 0 radical (unpaired) electrons. The van der Waals surface area contributed by atoms with Gasteiger partial charge in [-0.1, -0.05) is 13.8 Å². The summed E-state index contributed by atoms with van der Waals surface area (Å²) in [7, 11) is 1.56. The zero-order chi connectivity index (χ0) is 10.6. The average molecular weight is 194 g/mol. The first-order valence-corrected chi connectivity index (χ1v) is 4.55. The van der Waals surface area contributed by atoms with Crippen LogP contribution in [0.2, 0.25) is 0 Å². The van der Waals surface area contributed by atoms with Gasteiger partial charge in [-0.25, -0.2) is 0 Å². The van der Waals surface area contributed by atoms with Crippen molar-refractivity contribution in [1.29, 1.82) is 0 Å². The molecule has 1 heterocycles. The molecule has 1 N–H and O–H groups in total. The van der Waals surface area contributed by atoms with Crippen LogP contribution in [0.3, 0.4) is 0 Å². The van der Waals surface area contributed by atoms with Gasteiger partial charge in [-0.3, -0.25) is 0 Å². The quantitative estimate of drug-likeness (QED) is 0.758. The van der Waals surface area contributed by atoms with E-state index in [1.165, 1.54) is 6.26 Å². The number of hydrogen-bond donors (Lipinski definition) is 1. The second-order valence-corrected chi connectivity index (χ2v) is 2.48. The third-order valence-electron chi connectivity index (χ3n) is 1.74. The third-order valence-corrected chi connectivity index (χ3v) is 1.74. The van der Waals surface area contributed by atoms with E-state index in [-0.39, 0.29) is 5.75 Å². The highest BCUT2D eigenvalue weighted by atomic mass is 16.5. The normalized spacial score (nSPS) is 9.36. The van der Waals surface area contributed by atoms with E-state index < -0.39 is 0 Å². The van der Waals surface area contributed by atoms with Gasteiger partial charge in [-0.05, 0) is 18.2 Å². The van der Waals surface area contributed by atoms with Crippen LogP contribution in [0.1, 0.15) is 13.8 Å². The highest BCUT2D eigenvalue weighted by molar-refractivity contribution is 5.85. The molecule has 1 aromatic heterocycles. The number of benzene rings is 1. The molecule has 3 heteroatoms.